The Kier molecular flexibility index (Phi) is 3.96. The van der Waals surface area contributed by atoms with Crippen LogP contribution in [0.15, 0.2) is 30.3 Å². The van der Waals surface area contributed by atoms with Gasteiger partial charge in [0.2, 0.25) is 5.91 Å². The van der Waals surface area contributed by atoms with Crippen molar-refractivity contribution in [2.75, 3.05) is 17.8 Å². The maximum absolute atomic E-state index is 11.7. The van der Waals surface area contributed by atoms with Gasteiger partial charge in [-0.2, -0.15) is 0 Å². The van der Waals surface area contributed by atoms with E-state index in [9.17, 15) is 4.79 Å². The summed E-state index contributed by atoms with van der Waals surface area (Å²) in [5, 5.41) is 0. The minimum atomic E-state index is -0.137. The molecule has 0 N–H and O–H groups in total. The van der Waals surface area contributed by atoms with Crippen LogP contribution >= 0.6 is 11.6 Å². The first kappa shape index (κ1) is 11.1. The molecule has 1 atom stereocenters. The van der Waals surface area contributed by atoms with E-state index in [0.717, 1.165) is 5.69 Å². The second-order valence-electron chi connectivity index (χ2n) is 3.29. The Morgan fingerprint density at radius 1 is 1.43 bits per heavy atom. The van der Waals surface area contributed by atoms with Crippen molar-refractivity contribution in [3.8, 4) is 0 Å². The van der Waals surface area contributed by atoms with Gasteiger partial charge in [0.25, 0.3) is 0 Å². The normalized spacial score (nSPS) is 12.2. The molecular formula is C11H14ClNO. The van der Waals surface area contributed by atoms with Crippen LogP contribution in [0, 0.1) is 5.92 Å². The zero-order valence-electron chi connectivity index (χ0n) is 8.40. The molecular weight excluding hydrogens is 198 g/mol. The smallest absolute Gasteiger partial charge is 0.230 e. The number of anilines is 1. The number of benzene rings is 1. The van der Waals surface area contributed by atoms with Crippen LogP contribution < -0.4 is 4.90 Å². The lowest BCUT2D eigenvalue weighted by molar-refractivity contribution is -0.121. The van der Waals surface area contributed by atoms with Crippen molar-refractivity contribution in [3.63, 3.8) is 0 Å². The molecule has 76 valence electrons. The molecule has 3 heteroatoms. The molecule has 14 heavy (non-hydrogen) atoms. The predicted octanol–water partition coefficient (Wildman–Crippen LogP) is 2.52. The molecule has 0 aliphatic carbocycles. The first-order valence-corrected chi connectivity index (χ1v) is 5.09. The van der Waals surface area contributed by atoms with Crippen LogP contribution in [0.4, 0.5) is 5.69 Å². The zero-order valence-corrected chi connectivity index (χ0v) is 9.16. The summed E-state index contributed by atoms with van der Waals surface area (Å²) < 4.78 is 0. The fourth-order valence-electron chi connectivity index (χ4n) is 1.18. The van der Waals surface area contributed by atoms with Gasteiger partial charge in [0.15, 0.2) is 0 Å². The van der Waals surface area contributed by atoms with Crippen LogP contribution in [0.5, 0.6) is 0 Å². The number of carbonyl (C=O) groups excluding carboxylic acids is 1. The molecule has 1 amide bonds. The highest BCUT2D eigenvalue weighted by molar-refractivity contribution is 6.19. The Balaban J connectivity index is 2.76. The summed E-state index contributed by atoms with van der Waals surface area (Å²) >= 11 is 5.63. The lowest BCUT2D eigenvalue weighted by Gasteiger charge is -2.20. The fraction of sp³-hybridized carbons (Fsp3) is 0.364. The Bertz CT molecular complexity index is 299. The molecule has 0 saturated carbocycles. The van der Waals surface area contributed by atoms with E-state index < -0.39 is 0 Å². The van der Waals surface area contributed by atoms with Crippen LogP contribution in [0.3, 0.4) is 0 Å². The molecule has 0 fully saturated rings. The van der Waals surface area contributed by atoms with Crippen molar-refractivity contribution < 1.29 is 4.79 Å². The summed E-state index contributed by atoms with van der Waals surface area (Å²) in [5.74, 6) is 0.267. The molecule has 0 heterocycles. The molecule has 1 rings (SSSR count). The monoisotopic (exact) mass is 211 g/mol. The van der Waals surface area contributed by atoms with Crippen molar-refractivity contribution in [2.45, 2.75) is 6.92 Å². The molecule has 1 unspecified atom stereocenters. The van der Waals surface area contributed by atoms with E-state index in [1.807, 2.05) is 37.3 Å². The Hall–Kier alpha value is -1.02. The van der Waals surface area contributed by atoms with Crippen molar-refractivity contribution in [1.29, 1.82) is 0 Å². The van der Waals surface area contributed by atoms with Crippen molar-refractivity contribution in [2.24, 2.45) is 5.92 Å². The van der Waals surface area contributed by atoms with Crippen LogP contribution in [0.1, 0.15) is 6.92 Å². The maximum Gasteiger partial charge on any atom is 0.230 e. The number of alkyl halides is 1. The first-order valence-electron chi connectivity index (χ1n) is 4.55. The van der Waals surface area contributed by atoms with Gasteiger partial charge in [0, 0.05) is 24.5 Å². The maximum atomic E-state index is 11.7. The third kappa shape index (κ3) is 2.48. The highest BCUT2D eigenvalue weighted by atomic mass is 35.5. The predicted molar refractivity (Wildman–Crippen MR) is 59.7 cm³/mol. The third-order valence-corrected chi connectivity index (χ3v) is 2.59. The molecule has 0 bridgehead atoms. The number of carbonyl (C=O) groups is 1. The van der Waals surface area contributed by atoms with Crippen molar-refractivity contribution in [3.05, 3.63) is 30.3 Å². The molecule has 0 aliphatic heterocycles. The second-order valence-corrected chi connectivity index (χ2v) is 3.60. The summed E-state index contributed by atoms with van der Waals surface area (Å²) in [4.78, 5) is 13.3. The minimum absolute atomic E-state index is 0.0474. The van der Waals surface area contributed by atoms with Crippen LogP contribution in [-0.4, -0.2) is 18.8 Å². The number of nitrogens with zero attached hydrogens (tertiary/aromatic N) is 1. The number of amides is 1. The molecule has 0 aliphatic rings. The summed E-state index contributed by atoms with van der Waals surface area (Å²) in [6.07, 6.45) is 0. The van der Waals surface area contributed by atoms with Gasteiger partial charge < -0.3 is 4.90 Å². The lowest BCUT2D eigenvalue weighted by atomic mass is 10.2. The Labute approximate surface area is 89.5 Å². The van der Waals surface area contributed by atoms with E-state index in [1.165, 1.54) is 0 Å². The fourth-order valence-corrected chi connectivity index (χ4v) is 1.31. The summed E-state index contributed by atoms with van der Waals surface area (Å²) in [6.45, 7) is 1.83. The topological polar surface area (TPSA) is 20.3 Å². The summed E-state index contributed by atoms with van der Waals surface area (Å²) in [6, 6.07) is 9.54. The first-order chi connectivity index (χ1) is 6.66. The molecule has 0 radical (unpaired) electrons. The van der Waals surface area contributed by atoms with E-state index in [4.69, 9.17) is 11.6 Å². The summed E-state index contributed by atoms with van der Waals surface area (Å²) in [5.41, 5.74) is 0.898. The van der Waals surface area contributed by atoms with E-state index in [1.54, 1.807) is 11.9 Å². The average Bonchev–Trinajstić information content (AvgIpc) is 2.27. The van der Waals surface area contributed by atoms with Gasteiger partial charge in [-0.3, -0.25) is 4.79 Å². The largest absolute Gasteiger partial charge is 0.315 e. The zero-order chi connectivity index (χ0) is 10.6. The van der Waals surface area contributed by atoms with E-state index in [0.29, 0.717) is 5.88 Å². The van der Waals surface area contributed by atoms with Crippen LogP contribution in [0.25, 0.3) is 0 Å². The van der Waals surface area contributed by atoms with Gasteiger partial charge in [0.1, 0.15) is 0 Å². The molecule has 1 aromatic carbocycles. The quantitative estimate of drug-likeness (QED) is 0.704. The van der Waals surface area contributed by atoms with E-state index in [2.05, 4.69) is 0 Å². The van der Waals surface area contributed by atoms with Gasteiger partial charge in [-0.1, -0.05) is 25.1 Å². The highest BCUT2D eigenvalue weighted by Crippen LogP contribution is 2.14. The van der Waals surface area contributed by atoms with Crippen molar-refractivity contribution in [1.82, 2.24) is 0 Å². The van der Waals surface area contributed by atoms with Gasteiger partial charge in [-0.05, 0) is 12.1 Å². The lowest BCUT2D eigenvalue weighted by Crippen LogP contribution is -2.32. The minimum Gasteiger partial charge on any atom is -0.315 e. The Morgan fingerprint density at radius 2 is 2.00 bits per heavy atom. The van der Waals surface area contributed by atoms with Gasteiger partial charge in [0.05, 0.1) is 0 Å². The number of para-hydroxylation sites is 1. The molecule has 0 saturated heterocycles. The number of hydrogen-bond donors (Lipinski definition) is 0. The molecule has 0 spiro atoms. The average molecular weight is 212 g/mol. The van der Waals surface area contributed by atoms with Crippen LogP contribution in [-0.2, 0) is 4.79 Å². The highest BCUT2D eigenvalue weighted by Gasteiger charge is 2.17. The Morgan fingerprint density at radius 3 is 2.50 bits per heavy atom. The SMILES string of the molecule is CC(CCl)C(=O)N(C)c1ccccc1. The van der Waals surface area contributed by atoms with Gasteiger partial charge in [-0.25, -0.2) is 0 Å². The third-order valence-electron chi connectivity index (χ3n) is 2.13. The standard InChI is InChI=1S/C11H14ClNO/c1-9(8-12)11(14)13(2)10-6-4-3-5-7-10/h3-7,9H,8H2,1-2H3. The van der Waals surface area contributed by atoms with Crippen LogP contribution in [0.2, 0.25) is 0 Å². The summed E-state index contributed by atoms with van der Waals surface area (Å²) in [7, 11) is 1.76. The van der Waals surface area contributed by atoms with Gasteiger partial charge in [-0.15, -0.1) is 11.6 Å². The van der Waals surface area contributed by atoms with Gasteiger partial charge >= 0.3 is 0 Å². The number of rotatable bonds is 3. The molecule has 1 aromatic rings. The van der Waals surface area contributed by atoms with E-state index >= 15 is 0 Å². The second kappa shape index (κ2) is 5.01. The molecule has 0 aromatic heterocycles. The van der Waals surface area contributed by atoms with Crippen molar-refractivity contribution >= 4 is 23.2 Å². The van der Waals surface area contributed by atoms with E-state index in [-0.39, 0.29) is 11.8 Å². The number of halogens is 1. The molecule has 2 nitrogen and oxygen atoms in total. The number of hydrogen-bond acceptors (Lipinski definition) is 1.